The summed E-state index contributed by atoms with van der Waals surface area (Å²) in [7, 11) is 0. The average Bonchev–Trinajstić information content (AvgIpc) is 2.26. The van der Waals surface area contributed by atoms with E-state index in [1.807, 2.05) is 0 Å². The van der Waals surface area contributed by atoms with Crippen molar-refractivity contribution >= 4 is 34.6 Å². The lowest BCUT2D eigenvalue weighted by Gasteiger charge is -2.20. The van der Waals surface area contributed by atoms with Gasteiger partial charge in [0.05, 0.1) is 5.69 Å². The molecule has 1 aliphatic rings. The van der Waals surface area contributed by atoms with Crippen LogP contribution in [0, 0.1) is 0 Å². The van der Waals surface area contributed by atoms with Gasteiger partial charge in [0.2, 0.25) is 0 Å². The van der Waals surface area contributed by atoms with E-state index < -0.39 is 0 Å². The zero-order valence-electron chi connectivity index (χ0n) is 7.87. The summed E-state index contributed by atoms with van der Waals surface area (Å²) in [4.78, 5) is 0. The van der Waals surface area contributed by atoms with Crippen LogP contribution in [0.25, 0.3) is 0 Å². The molecule has 0 unspecified atom stereocenters. The lowest BCUT2D eigenvalue weighted by molar-refractivity contribution is 0.454. The molecule has 0 spiro atoms. The van der Waals surface area contributed by atoms with Crippen LogP contribution in [0.2, 0.25) is 10.2 Å². The second kappa shape index (κ2) is 3.50. The fourth-order valence-electron chi connectivity index (χ4n) is 1.46. The molecule has 0 aliphatic carbocycles. The number of nitrogens with zero attached hydrogens (tertiary/aromatic N) is 2. The summed E-state index contributed by atoms with van der Waals surface area (Å²) < 4.78 is 5.53. The number of nitrogens with one attached hydrogen (secondary N) is 1. The fraction of sp³-hybridized carbons (Fsp3) is 0. The van der Waals surface area contributed by atoms with Crippen molar-refractivity contribution in [3.05, 3.63) is 34.4 Å². The summed E-state index contributed by atoms with van der Waals surface area (Å²) in [5.41, 5.74) is 1.46. The standard InChI is InChI=1S/C10H5Cl2N3O/c11-5-1-2-8-6(3-5)13-7-4-9(12)14-15-10(7)16-8/h1-4,13H. The number of halogens is 2. The van der Waals surface area contributed by atoms with Crippen molar-refractivity contribution in [3.8, 4) is 11.6 Å². The smallest absolute Gasteiger partial charge is 0.263 e. The van der Waals surface area contributed by atoms with Gasteiger partial charge < -0.3 is 10.1 Å². The highest BCUT2D eigenvalue weighted by molar-refractivity contribution is 6.31. The second-order valence-corrected chi connectivity index (χ2v) is 4.08. The monoisotopic (exact) mass is 253 g/mol. The zero-order valence-corrected chi connectivity index (χ0v) is 9.38. The van der Waals surface area contributed by atoms with E-state index in [-0.39, 0.29) is 0 Å². The second-order valence-electron chi connectivity index (χ2n) is 3.25. The first-order chi connectivity index (χ1) is 7.72. The molecular weight excluding hydrogens is 249 g/mol. The van der Waals surface area contributed by atoms with Crippen LogP contribution in [0.3, 0.4) is 0 Å². The summed E-state index contributed by atoms with van der Waals surface area (Å²) in [6, 6.07) is 6.93. The maximum absolute atomic E-state index is 5.89. The molecule has 1 aliphatic heterocycles. The molecule has 0 radical (unpaired) electrons. The van der Waals surface area contributed by atoms with Gasteiger partial charge in [0.15, 0.2) is 10.9 Å². The Kier molecular flexibility index (Phi) is 2.12. The van der Waals surface area contributed by atoms with Crippen LogP contribution < -0.4 is 10.1 Å². The first kappa shape index (κ1) is 9.69. The van der Waals surface area contributed by atoms with Crippen LogP contribution in [0.4, 0.5) is 11.4 Å². The van der Waals surface area contributed by atoms with Crippen LogP contribution in [0.1, 0.15) is 0 Å². The third-order valence-electron chi connectivity index (χ3n) is 2.15. The molecule has 1 aromatic carbocycles. The van der Waals surface area contributed by atoms with Gasteiger partial charge in [-0.1, -0.05) is 23.2 Å². The SMILES string of the molecule is Clc1ccc2c(c1)Nc1cc(Cl)nnc1O2. The van der Waals surface area contributed by atoms with Crippen molar-refractivity contribution in [1.82, 2.24) is 10.2 Å². The predicted molar refractivity (Wildman–Crippen MR) is 61.9 cm³/mol. The highest BCUT2D eigenvalue weighted by Gasteiger charge is 2.18. The van der Waals surface area contributed by atoms with E-state index in [4.69, 9.17) is 27.9 Å². The van der Waals surface area contributed by atoms with E-state index in [9.17, 15) is 0 Å². The minimum absolute atomic E-state index is 0.306. The Morgan fingerprint density at radius 1 is 1.06 bits per heavy atom. The molecule has 1 N–H and O–H groups in total. The van der Waals surface area contributed by atoms with Crippen molar-refractivity contribution in [2.75, 3.05) is 5.32 Å². The molecule has 6 heteroatoms. The van der Waals surface area contributed by atoms with E-state index in [1.54, 1.807) is 24.3 Å². The van der Waals surface area contributed by atoms with Gasteiger partial charge in [0, 0.05) is 11.1 Å². The zero-order chi connectivity index (χ0) is 11.1. The normalized spacial score (nSPS) is 12.1. The Balaban J connectivity index is 2.10. The Hall–Kier alpha value is -1.52. The average molecular weight is 254 g/mol. The van der Waals surface area contributed by atoms with Crippen molar-refractivity contribution in [3.63, 3.8) is 0 Å². The number of rotatable bonds is 0. The highest BCUT2D eigenvalue weighted by Crippen LogP contribution is 2.41. The number of ether oxygens (including phenoxy) is 1. The van der Waals surface area contributed by atoms with Crippen LogP contribution in [0.15, 0.2) is 24.3 Å². The van der Waals surface area contributed by atoms with E-state index in [0.29, 0.717) is 27.5 Å². The van der Waals surface area contributed by atoms with Gasteiger partial charge in [-0.2, -0.15) is 0 Å². The van der Waals surface area contributed by atoms with E-state index in [0.717, 1.165) is 5.69 Å². The lowest BCUT2D eigenvalue weighted by atomic mass is 10.2. The summed E-state index contributed by atoms with van der Waals surface area (Å²) in [5.74, 6) is 1.06. The number of hydrogen-bond acceptors (Lipinski definition) is 4. The quantitative estimate of drug-likeness (QED) is 0.665. The van der Waals surface area contributed by atoms with Gasteiger partial charge in [-0.3, -0.25) is 0 Å². The number of hydrogen-bond donors (Lipinski definition) is 1. The third-order valence-corrected chi connectivity index (χ3v) is 2.57. The summed E-state index contributed by atoms with van der Waals surface area (Å²) in [5, 5.41) is 11.6. The van der Waals surface area contributed by atoms with Crippen LogP contribution in [-0.4, -0.2) is 10.2 Å². The number of aromatic nitrogens is 2. The van der Waals surface area contributed by atoms with Crippen molar-refractivity contribution < 1.29 is 4.74 Å². The number of fused-ring (bicyclic) bond motifs is 2. The number of benzene rings is 1. The summed E-state index contributed by atoms with van der Waals surface area (Å²) in [6.07, 6.45) is 0. The molecule has 16 heavy (non-hydrogen) atoms. The maximum Gasteiger partial charge on any atom is 0.263 e. The maximum atomic E-state index is 5.89. The summed E-state index contributed by atoms with van der Waals surface area (Å²) >= 11 is 11.6. The minimum Gasteiger partial charge on any atom is -0.434 e. The van der Waals surface area contributed by atoms with Gasteiger partial charge in [0.25, 0.3) is 5.88 Å². The molecule has 0 atom stereocenters. The number of anilines is 2. The van der Waals surface area contributed by atoms with Gasteiger partial charge >= 0.3 is 0 Å². The molecule has 0 amide bonds. The molecule has 0 fully saturated rings. The summed E-state index contributed by atoms with van der Waals surface area (Å²) in [6.45, 7) is 0. The molecule has 0 saturated carbocycles. The molecule has 0 saturated heterocycles. The predicted octanol–water partition coefficient (Wildman–Crippen LogP) is 3.63. The van der Waals surface area contributed by atoms with Crippen LogP contribution >= 0.6 is 23.2 Å². The van der Waals surface area contributed by atoms with E-state index >= 15 is 0 Å². The van der Waals surface area contributed by atoms with Crippen molar-refractivity contribution in [2.45, 2.75) is 0 Å². The molecule has 1 aromatic heterocycles. The van der Waals surface area contributed by atoms with Gasteiger partial charge in [-0.15, -0.1) is 10.2 Å². The van der Waals surface area contributed by atoms with E-state index in [2.05, 4.69) is 15.5 Å². The fourth-order valence-corrected chi connectivity index (χ4v) is 1.78. The van der Waals surface area contributed by atoms with Crippen LogP contribution in [-0.2, 0) is 0 Å². The third kappa shape index (κ3) is 1.56. The largest absolute Gasteiger partial charge is 0.434 e. The van der Waals surface area contributed by atoms with Gasteiger partial charge in [-0.05, 0) is 18.2 Å². The molecule has 4 nitrogen and oxygen atoms in total. The Morgan fingerprint density at radius 2 is 1.94 bits per heavy atom. The van der Waals surface area contributed by atoms with Crippen molar-refractivity contribution in [2.24, 2.45) is 0 Å². The lowest BCUT2D eigenvalue weighted by Crippen LogP contribution is -2.05. The molecule has 80 valence electrons. The van der Waals surface area contributed by atoms with Gasteiger partial charge in [-0.25, -0.2) is 0 Å². The Labute approximate surface area is 101 Å². The minimum atomic E-state index is 0.306. The van der Waals surface area contributed by atoms with Crippen LogP contribution in [0.5, 0.6) is 11.6 Å². The van der Waals surface area contributed by atoms with Gasteiger partial charge in [0.1, 0.15) is 5.69 Å². The molecule has 2 heterocycles. The molecule has 2 aromatic rings. The molecule has 0 bridgehead atoms. The highest BCUT2D eigenvalue weighted by atomic mass is 35.5. The molecule has 3 rings (SSSR count). The Bertz CT molecular complexity index is 524. The molecular formula is C10H5Cl2N3O. The topological polar surface area (TPSA) is 47.0 Å². The van der Waals surface area contributed by atoms with Crippen molar-refractivity contribution in [1.29, 1.82) is 0 Å². The Morgan fingerprint density at radius 3 is 2.81 bits per heavy atom. The van der Waals surface area contributed by atoms with E-state index in [1.165, 1.54) is 0 Å². The first-order valence-corrected chi connectivity index (χ1v) is 5.25. The first-order valence-electron chi connectivity index (χ1n) is 4.50.